The molecule has 2 heterocycles. The number of methoxy groups -OCH3 is 1. The Kier molecular flexibility index (Phi) is 15.7. The number of aryl methyl sites for hydroxylation is 1. The van der Waals surface area contributed by atoms with Gasteiger partial charge in [0.2, 0.25) is 11.5 Å². The van der Waals surface area contributed by atoms with E-state index in [2.05, 4.69) is 79.6 Å². The minimum absolute atomic E-state index is 0.00158. The van der Waals surface area contributed by atoms with Gasteiger partial charge in [0, 0.05) is 42.6 Å². The summed E-state index contributed by atoms with van der Waals surface area (Å²) in [5, 5.41) is 18.2. The second-order valence-electron chi connectivity index (χ2n) is 19.0. The van der Waals surface area contributed by atoms with Crippen molar-refractivity contribution in [3.05, 3.63) is 98.3 Å². The van der Waals surface area contributed by atoms with Gasteiger partial charge in [0.15, 0.2) is 8.32 Å². The van der Waals surface area contributed by atoms with Gasteiger partial charge in [0.1, 0.15) is 11.5 Å². The van der Waals surface area contributed by atoms with Crippen LogP contribution in [0.25, 0.3) is 10.9 Å². The first-order valence-electron chi connectivity index (χ1n) is 22.3. The predicted octanol–water partition coefficient (Wildman–Crippen LogP) is 9.80. The minimum atomic E-state index is -2.28. The quantitative estimate of drug-likeness (QED) is 0.0602. The van der Waals surface area contributed by atoms with E-state index in [4.69, 9.17) is 25.5 Å². The molecule has 1 aliphatic heterocycles. The lowest BCUT2D eigenvalue weighted by atomic mass is 9.69. The standard InChI is InChI=1S/C49H67ClN4O7Si/c1-48(2,3)62(6,7)61-43(37-17-19-41(55)46-38(37)18-20-45(57)53-46)31-51-30-35-28-39(50)40(29-42(35)59-5)52-44(56)16-12-14-33-13-11-15-36(27-33)49(23-9-8-10-24-49)47(58)60-32-34-21-25-54(4)26-22-34/h11,13,15,17-20,27-29,34,43,51,55H,8-10,12,14,16,21-26,30-32H2,1-7H3,(H,52,56)(H,53,57)/t43-/m1/s1. The van der Waals surface area contributed by atoms with Crippen molar-refractivity contribution in [2.24, 2.45) is 5.92 Å². The summed E-state index contributed by atoms with van der Waals surface area (Å²) in [5.41, 5.74) is 3.74. The maximum absolute atomic E-state index is 13.8. The molecule has 2 aliphatic rings. The number of aromatic nitrogens is 1. The van der Waals surface area contributed by atoms with E-state index in [0.717, 1.165) is 80.3 Å². The number of hydrogen-bond acceptors (Lipinski definition) is 9. The van der Waals surface area contributed by atoms with Gasteiger partial charge in [-0.25, -0.2) is 0 Å². The fourth-order valence-electron chi connectivity index (χ4n) is 8.66. The molecule has 11 nitrogen and oxygen atoms in total. The van der Waals surface area contributed by atoms with Crippen molar-refractivity contribution in [2.45, 2.75) is 121 Å². The first kappa shape index (κ1) is 47.3. The molecule has 1 amide bonds. The third-order valence-electron chi connectivity index (χ3n) is 13.5. The van der Waals surface area contributed by atoms with Crippen LogP contribution < -0.4 is 20.9 Å². The number of fused-ring (bicyclic) bond motifs is 1. The number of carbonyl (C=O) groups is 2. The lowest BCUT2D eigenvalue weighted by Crippen LogP contribution is -2.43. The number of halogens is 1. The van der Waals surface area contributed by atoms with Crippen molar-refractivity contribution in [1.82, 2.24) is 15.2 Å². The van der Waals surface area contributed by atoms with Gasteiger partial charge in [-0.05, 0) is 118 Å². The number of ether oxygens (including phenoxy) is 2. The summed E-state index contributed by atoms with van der Waals surface area (Å²) >= 11 is 6.79. The van der Waals surface area contributed by atoms with E-state index in [9.17, 15) is 19.5 Å². The second kappa shape index (κ2) is 20.5. The van der Waals surface area contributed by atoms with Crippen LogP contribution in [-0.2, 0) is 37.1 Å². The molecule has 336 valence electrons. The maximum Gasteiger partial charge on any atom is 0.316 e. The maximum atomic E-state index is 13.8. The smallest absolute Gasteiger partial charge is 0.316 e. The summed E-state index contributed by atoms with van der Waals surface area (Å²) in [5.74, 6) is 0.768. The molecular formula is C49H67ClN4O7Si. The number of H-pyrrole nitrogens is 1. The SMILES string of the molecule is COc1cc(NC(=O)CCCc2cccc(C3(C(=O)OCC4CCN(C)CC4)CCCCC3)c2)c(Cl)cc1CNC[C@@H](O[Si](C)(C)C(C)(C)C)c1ccc(O)c2[nH]c(=O)ccc12. The molecule has 4 N–H and O–H groups in total. The molecule has 3 aromatic carbocycles. The highest BCUT2D eigenvalue weighted by atomic mass is 35.5. The van der Waals surface area contributed by atoms with Crippen molar-refractivity contribution in [3.8, 4) is 11.5 Å². The van der Waals surface area contributed by atoms with Gasteiger partial charge >= 0.3 is 5.97 Å². The number of aromatic amines is 1. The Labute approximate surface area is 373 Å². The number of amides is 1. The number of rotatable bonds is 17. The Balaban J connectivity index is 1.07. The lowest BCUT2D eigenvalue weighted by Gasteiger charge is -2.39. The Hall–Kier alpha value is -4.20. The van der Waals surface area contributed by atoms with Gasteiger partial charge in [-0.1, -0.05) is 82.0 Å². The second-order valence-corrected chi connectivity index (χ2v) is 24.2. The number of pyridine rings is 1. The average molecular weight is 888 g/mol. The highest BCUT2D eigenvalue weighted by Crippen LogP contribution is 2.43. The van der Waals surface area contributed by atoms with Crippen LogP contribution >= 0.6 is 11.6 Å². The Morgan fingerprint density at radius 1 is 1.03 bits per heavy atom. The summed E-state index contributed by atoms with van der Waals surface area (Å²) in [6.45, 7) is 14.4. The van der Waals surface area contributed by atoms with Gasteiger partial charge in [-0.15, -0.1) is 0 Å². The van der Waals surface area contributed by atoms with Crippen molar-refractivity contribution in [1.29, 1.82) is 0 Å². The molecule has 2 fully saturated rings. The summed E-state index contributed by atoms with van der Waals surface area (Å²) in [6.07, 6.45) is 8.11. The Bertz CT molecular complexity index is 2240. The lowest BCUT2D eigenvalue weighted by molar-refractivity contribution is -0.154. The molecule has 62 heavy (non-hydrogen) atoms. The molecule has 0 unspecified atom stereocenters. The summed E-state index contributed by atoms with van der Waals surface area (Å²) < 4.78 is 18.8. The highest BCUT2D eigenvalue weighted by Gasteiger charge is 2.43. The predicted molar refractivity (Wildman–Crippen MR) is 251 cm³/mol. The van der Waals surface area contributed by atoms with Gasteiger partial charge < -0.3 is 39.5 Å². The normalized spacial score (nSPS) is 16.8. The van der Waals surface area contributed by atoms with Crippen LogP contribution in [-0.4, -0.2) is 75.6 Å². The van der Waals surface area contributed by atoms with Crippen molar-refractivity contribution in [3.63, 3.8) is 0 Å². The van der Waals surface area contributed by atoms with Crippen LogP contribution in [0.3, 0.4) is 0 Å². The summed E-state index contributed by atoms with van der Waals surface area (Å²) in [7, 11) is 1.46. The number of phenols is 1. The number of aromatic hydroxyl groups is 1. The molecule has 1 saturated heterocycles. The third-order valence-corrected chi connectivity index (χ3v) is 18.3. The van der Waals surface area contributed by atoms with Crippen molar-refractivity contribution < 1.29 is 28.6 Å². The molecule has 1 atom stereocenters. The Morgan fingerprint density at radius 3 is 2.48 bits per heavy atom. The molecule has 1 aromatic heterocycles. The van der Waals surface area contributed by atoms with Gasteiger partial charge in [0.25, 0.3) is 0 Å². The molecular weight excluding hydrogens is 820 g/mol. The zero-order chi connectivity index (χ0) is 44.7. The molecule has 6 rings (SSSR count). The number of anilines is 1. The summed E-state index contributed by atoms with van der Waals surface area (Å²) in [4.78, 5) is 44.4. The largest absolute Gasteiger partial charge is 0.506 e. The average Bonchev–Trinajstić information content (AvgIpc) is 3.24. The number of phenolic OH excluding ortho intramolecular Hbond substituents is 1. The molecule has 1 saturated carbocycles. The fourth-order valence-corrected chi connectivity index (χ4v) is 10.2. The monoisotopic (exact) mass is 886 g/mol. The zero-order valence-electron chi connectivity index (χ0n) is 37.8. The van der Waals surface area contributed by atoms with E-state index in [1.807, 2.05) is 12.1 Å². The molecule has 13 heteroatoms. The van der Waals surface area contributed by atoms with Crippen LogP contribution in [0.4, 0.5) is 5.69 Å². The Morgan fingerprint density at radius 2 is 1.77 bits per heavy atom. The third kappa shape index (κ3) is 11.5. The van der Waals surface area contributed by atoms with E-state index in [0.29, 0.717) is 72.2 Å². The van der Waals surface area contributed by atoms with E-state index in [-0.39, 0.29) is 28.2 Å². The first-order chi connectivity index (χ1) is 29.5. The van der Waals surface area contributed by atoms with Crippen LogP contribution in [0.2, 0.25) is 23.2 Å². The van der Waals surface area contributed by atoms with E-state index in [1.54, 1.807) is 31.4 Å². The fraction of sp³-hybridized carbons (Fsp3) is 0.531. The molecule has 4 aromatic rings. The van der Waals surface area contributed by atoms with Gasteiger partial charge in [0.05, 0.1) is 41.5 Å². The van der Waals surface area contributed by atoms with Crippen LogP contribution in [0.5, 0.6) is 11.5 Å². The number of benzene rings is 3. The van der Waals surface area contributed by atoms with Crippen molar-refractivity contribution in [2.75, 3.05) is 45.7 Å². The van der Waals surface area contributed by atoms with Crippen molar-refractivity contribution >= 4 is 48.4 Å². The van der Waals surface area contributed by atoms with Gasteiger partial charge in [-0.2, -0.15) is 0 Å². The molecule has 0 bridgehead atoms. The first-order valence-corrected chi connectivity index (χ1v) is 25.6. The molecule has 1 aliphatic carbocycles. The van der Waals surface area contributed by atoms with Crippen LogP contribution in [0.15, 0.2) is 65.5 Å². The highest BCUT2D eigenvalue weighted by molar-refractivity contribution is 6.74. The topological polar surface area (TPSA) is 142 Å². The van der Waals surface area contributed by atoms with E-state index >= 15 is 0 Å². The number of likely N-dealkylation sites (tertiary alicyclic amines) is 1. The number of piperidine rings is 1. The number of esters is 1. The van der Waals surface area contributed by atoms with Crippen LogP contribution in [0, 0.1) is 5.92 Å². The molecule has 0 radical (unpaired) electrons. The number of nitrogens with zero attached hydrogens (tertiary/aromatic N) is 1. The van der Waals surface area contributed by atoms with Gasteiger partial charge in [-0.3, -0.25) is 14.4 Å². The van der Waals surface area contributed by atoms with E-state index in [1.165, 1.54) is 6.07 Å². The minimum Gasteiger partial charge on any atom is -0.506 e. The zero-order valence-corrected chi connectivity index (χ0v) is 39.5. The van der Waals surface area contributed by atoms with Crippen LogP contribution in [0.1, 0.15) is 107 Å². The number of hydrogen-bond donors (Lipinski definition) is 4. The molecule has 0 spiro atoms. The van der Waals surface area contributed by atoms with E-state index < -0.39 is 19.8 Å². The summed E-state index contributed by atoms with van der Waals surface area (Å²) in [6, 6.07) is 18.5. The number of carbonyl (C=O) groups excluding carboxylic acids is 2. The number of nitrogens with one attached hydrogen (secondary N) is 3.